The number of aryl methyl sites for hydroxylation is 1. The maximum Gasteiger partial charge on any atom is 0.328 e. The van der Waals surface area contributed by atoms with E-state index in [1.54, 1.807) is 0 Å². The van der Waals surface area contributed by atoms with E-state index < -0.39 is 0 Å². The zero-order chi connectivity index (χ0) is 14.9. The third-order valence-corrected chi connectivity index (χ3v) is 3.22. The van der Waals surface area contributed by atoms with Gasteiger partial charge in [-0.2, -0.15) is 15.0 Å². The van der Waals surface area contributed by atoms with Crippen molar-refractivity contribution in [2.75, 3.05) is 5.73 Å². The van der Waals surface area contributed by atoms with Crippen molar-refractivity contribution in [1.82, 2.24) is 15.0 Å². The SMILES string of the molecule is Cc1cc(Cl)c(C(C)C)cc1Oc1nc(N)nc(Cl)n1. The van der Waals surface area contributed by atoms with E-state index in [4.69, 9.17) is 33.7 Å². The van der Waals surface area contributed by atoms with E-state index >= 15 is 0 Å². The van der Waals surface area contributed by atoms with E-state index in [9.17, 15) is 0 Å². The van der Waals surface area contributed by atoms with Crippen LogP contribution in [0.1, 0.15) is 30.9 Å². The predicted octanol–water partition coefficient (Wildman–Crippen LogP) is 3.98. The summed E-state index contributed by atoms with van der Waals surface area (Å²) in [6, 6.07) is 3.77. The molecule has 1 aromatic carbocycles. The highest BCUT2D eigenvalue weighted by molar-refractivity contribution is 6.31. The number of nitrogen functional groups attached to an aromatic ring is 1. The minimum absolute atomic E-state index is 0.00991. The highest BCUT2D eigenvalue weighted by Gasteiger charge is 2.12. The molecule has 0 aliphatic heterocycles. The molecular formula is C13H14Cl2N4O. The van der Waals surface area contributed by atoms with E-state index in [-0.39, 0.29) is 23.2 Å². The van der Waals surface area contributed by atoms with Gasteiger partial charge in [0.05, 0.1) is 0 Å². The molecular weight excluding hydrogens is 299 g/mol. The van der Waals surface area contributed by atoms with E-state index in [2.05, 4.69) is 28.8 Å². The lowest BCUT2D eigenvalue weighted by atomic mass is 10.0. The van der Waals surface area contributed by atoms with Crippen LogP contribution in [0.3, 0.4) is 0 Å². The Balaban J connectivity index is 2.40. The van der Waals surface area contributed by atoms with Gasteiger partial charge in [-0.15, -0.1) is 0 Å². The summed E-state index contributed by atoms with van der Waals surface area (Å²) in [7, 11) is 0. The molecule has 2 rings (SSSR count). The maximum absolute atomic E-state index is 6.21. The van der Waals surface area contributed by atoms with Crippen LogP contribution in [0.25, 0.3) is 0 Å². The van der Waals surface area contributed by atoms with Crippen LogP contribution in [-0.2, 0) is 0 Å². The Morgan fingerprint density at radius 1 is 1.15 bits per heavy atom. The summed E-state index contributed by atoms with van der Waals surface area (Å²) in [5.41, 5.74) is 7.36. The number of hydrogen-bond acceptors (Lipinski definition) is 5. The molecule has 20 heavy (non-hydrogen) atoms. The van der Waals surface area contributed by atoms with Crippen molar-refractivity contribution < 1.29 is 4.74 Å². The van der Waals surface area contributed by atoms with Crippen LogP contribution in [0, 0.1) is 6.92 Å². The summed E-state index contributed by atoms with van der Waals surface area (Å²) in [5.74, 6) is 0.896. The fourth-order valence-corrected chi connectivity index (χ4v) is 2.31. The summed E-state index contributed by atoms with van der Waals surface area (Å²) in [6.45, 7) is 5.99. The lowest BCUT2D eigenvalue weighted by Gasteiger charge is -2.13. The minimum Gasteiger partial charge on any atom is -0.424 e. The molecule has 0 saturated carbocycles. The molecule has 7 heteroatoms. The quantitative estimate of drug-likeness (QED) is 0.927. The topological polar surface area (TPSA) is 73.9 Å². The van der Waals surface area contributed by atoms with Gasteiger partial charge in [0.15, 0.2) is 0 Å². The number of benzene rings is 1. The van der Waals surface area contributed by atoms with Crippen LogP contribution in [0.5, 0.6) is 11.8 Å². The van der Waals surface area contributed by atoms with Crippen molar-refractivity contribution in [1.29, 1.82) is 0 Å². The van der Waals surface area contributed by atoms with Gasteiger partial charge in [0, 0.05) is 5.02 Å². The molecule has 0 radical (unpaired) electrons. The molecule has 0 aliphatic rings. The van der Waals surface area contributed by atoms with E-state index in [0.29, 0.717) is 10.8 Å². The van der Waals surface area contributed by atoms with Crippen molar-refractivity contribution in [2.24, 2.45) is 0 Å². The first-order valence-corrected chi connectivity index (χ1v) is 6.77. The van der Waals surface area contributed by atoms with E-state index in [1.165, 1.54) is 0 Å². The molecule has 0 spiro atoms. The molecule has 0 fully saturated rings. The Bertz CT molecular complexity index is 626. The fraction of sp³-hybridized carbons (Fsp3) is 0.308. The van der Waals surface area contributed by atoms with Crippen LogP contribution in [0.4, 0.5) is 5.95 Å². The normalized spacial score (nSPS) is 10.9. The van der Waals surface area contributed by atoms with Gasteiger partial charge < -0.3 is 10.5 Å². The van der Waals surface area contributed by atoms with Gasteiger partial charge in [0.1, 0.15) is 5.75 Å². The highest BCUT2D eigenvalue weighted by atomic mass is 35.5. The van der Waals surface area contributed by atoms with Gasteiger partial charge in [-0.05, 0) is 47.7 Å². The second-order valence-corrected chi connectivity index (χ2v) is 5.39. The van der Waals surface area contributed by atoms with E-state index in [1.807, 2.05) is 19.1 Å². The van der Waals surface area contributed by atoms with Gasteiger partial charge in [0.2, 0.25) is 11.2 Å². The number of anilines is 1. The zero-order valence-electron chi connectivity index (χ0n) is 11.3. The molecule has 106 valence electrons. The molecule has 0 aliphatic carbocycles. The third kappa shape index (κ3) is 3.29. The molecule has 2 N–H and O–H groups in total. The molecule has 0 bridgehead atoms. The number of ether oxygens (including phenoxy) is 1. The van der Waals surface area contributed by atoms with Crippen molar-refractivity contribution in [3.63, 3.8) is 0 Å². The smallest absolute Gasteiger partial charge is 0.328 e. The van der Waals surface area contributed by atoms with Gasteiger partial charge in [0.25, 0.3) is 0 Å². The molecule has 2 aromatic rings. The summed E-state index contributed by atoms with van der Waals surface area (Å²) in [4.78, 5) is 11.4. The van der Waals surface area contributed by atoms with Crippen LogP contribution >= 0.6 is 23.2 Å². The molecule has 1 aromatic heterocycles. The largest absolute Gasteiger partial charge is 0.424 e. The number of aromatic nitrogens is 3. The van der Waals surface area contributed by atoms with Crippen molar-refractivity contribution in [3.05, 3.63) is 33.6 Å². The second kappa shape index (κ2) is 5.81. The predicted molar refractivity (Wildman–Crippen MR) is 79.6 cm³/mol. The first-order valence-electron chi connectivity index (χ1n) is 6.01. The first kappa shape index (κ1) is 14.8. The standard InChI is InChI=1S/C13H14Cl2N4O/c1-6(2)8-5-10(7(3)4-9(8)14)20-13-18-11(15)17-12(16)19-13/h4-6H,1-3H3,(H2,16,17,18,19). The zero-order valence-corrected chi connectivity index (χ0v) is 12.8. The molecule has 0 amide bonds. The molecule has 0 atom stereocenters. The number of rotatable bonds is 3. The Morgan fingerprint density at radius 3 is 2.45 bits per heavy atom. The Labute approximate surface area is 127 Å². The molecule has 0 unspecified atom stereocenters. The van der Waals surface area contributed by atoms with Gasteiger partial charge in [-0.25, -0.2) is 0 Å². The fourth-order valence-electron chi connectivity index (χ4n) is 1.71. The molecule has 0 saturated heterocycles. The highest BCUT2D eigenvalue weighted by Crippen LogP contribution is 2.33. The summed E-state index contributed by atoms with van der Waals surface area (Å²) >= 11 is 11.9. The summed E-state index contributed by atoms with van der Waals surface area (Å²) < 4.78 is 5.63. The number of halogens is 2. The van der Waals surface area contributed by atoms with Gasteiger partial charge in [-0.1, -0.05) is 25.4 Å². The lowest BCUT2D eigenvalue weighted by Crippen LogP contribution is -2.01. The van der Waals surface area contributed by atoms with Crippen LogP contribution < -0.4 is 10.5 Å². The second-order valence-electron chi connectivity index (χ2n) is 4.64. The lowest BCUT2D eigenvalue weighted by molar-refractivity contribution is 0.437. The Morgan fingerprint density at radius 2 is 1.85 bits per heavy atom. The number of hydrogen-bond donors (Lipinski definition) is 1. The number of nitrogens with two attached hydrogens (primary N) is 1. The third-order valence-electron chi connectivity index (χ3n) is 2.72. The maximum atomic E-state index is 6.21. The van der Waals surface area contributed by atoms with Crippen molar-refractivity contribution in [3.8, 4) is 11.8 Å². The molecule has 1 heterocycles. The van der Waals surface area contributed by atoms with Gasteiger partial charge >= 0.3 is 6.01 Å². The Hall–Kier alpha value is -1.59. The van der Waals surface area contributed by atoms with Gasteiger partial charge in [-0.3, -0.25) is 0 Å². The van der Waals surface area contributed by atoms with Crippen LogP contribution in [0.15, 0.2) is 12.1 Å². The summed E-state index contributed by atoms with van der Waals surface area (Å²) in [6.07, 6.45) is 0. The minimum atomic E-state index is -0.0109. The van der Waals surface area contributed by atoms with Crippen LogP contribution in [0.2, 0.25) is 10.3 Å². The first-order chi connectivity index (χ1) is 9.36. The van der Waals surface area contributed by atoms with Crippen molar-refractivity contribution in [2.45, 2.75) is 26.7 Å². The monoisotopic (exact) mass is 312 g/mol. The molecule has 5 nitrogen and oxygen atoms in total. The average Bonchev–Trinajstić information content (AvgIpc) is 2.30. The van der Waals surface area contributed by atoms with E-state index in [0.717, 1.165) is 11.1 Å². The number of nitrogens with zero attached hydrogens (tertiary/aromatic N) is 3. The average molecular weight is 313 g/mol. The van der Waals surface area contributed by atoms with Crippen molar-refractivity contribution >= 4 is 29.2 Å². The Kier molecular flexibility index (Phi) is 4.30. The van der Waals surface area contributed by atoms with Crippen LogP contribution in [-0.4, -0.2) is 15.0 Å². The summed E-state index contributed by atoms with van der Waals surface area (Å²) in [5, 5.41) is 0.696.